The topological polar surface area (TPSA) is 81.2 Å². The number of ether oxygens (including phenoxy) is 1. The summed E-state index contributed by atoms with van der Waals surface area (Å²) in [5.41, 5.74) is 2.24. The third-order valence-electron chi connectivity index (χ3n) is 3.52. The minimum atomic E-state index is -3.73. The predicted octanol–water partition coefficient (Wildman–Crippen LogP) is 3.09. The molecule has 0 saturated heterocycles. The van der Waals surface area contributed by atoms with Crippen LogP contribution >= 0.6 is 0 Å². The number of benzene rings is 2. The van der Waals surface area contributed by atoms with E-state index in [0.29, 0.717) is 12.3 Å². The number of sulfonamides is 1. The van der Waals surface area contributed by atoms with E-state index in [-0.39, 0.29) is 10.7 Å². The van der Waals surface area contributed by atoms with Crippen molar-refractivity contribution in [3.63, 3.8) is 0 Å². The summed E-state index contributed by atoms with van der Waals surface area (Å²) in [5.74, 6) is 0.186. The highest BCUT2D eigenvalue weighted by molar-refractivity contribution is 7.92. The van der Waals surface area contributed by atoms with Crippen molar-refractivity contribution in [3.8, 4) is 11.3 Å². The van der Waals surface area contributed by atoms with Gasteiger partial charge in [-0.1, -0.05) is 42.5 Å². The Balaban J connectivity index is 1.94. The van der Waals surface area contributed by atoms with Gasteiger partial charge in [0.25, 0.3) is 10.0 Å². The SMILES string of the molecule is COCc1ccc(-c2nccnc2NS(=O)(=O)c2ccccc2)cc1. The number of nitrogens with one attached hydrogen (secondary N) is 1. The van der Waals surface area contributed by atoms with Crippen LogP contribution in [0.4, 0.5) is 5.82 Å². The van der Waals surface area contributed by atoms with Crippen molar-refractivity contribution in [3.05, 3.63) is 72.6 Å². The number of hydrogen-bond acceptors (Lipinski definition) is 5. The van der Waals surface area contributed by atoms with Crippen LogP contribution in [0.15, 0.2) is 71.9 Å². The number of aromatic nitrogens is 2. The van der Waals surface area contributed by atoms with E-state index in [2.05, 4.69) is 14.7 Å². The molecule has 0 aliphatic carbocycles. The summed E-state index contributed by atoms with van der Waals surface area (Å²) in [4.78, 5) is 8.60. The number of methoxy groups -OCH3 is 1. The van der Waals surface area contributed by atoms with Gasteiger partial charge in [0.05, 0.1) is 11.5 Å². The summed E-state index contributed by atoms with van der Waals surface area (Å²) in [6.07, 6.45) is 2.98. The third kappa shape index (κ3) is 4.01. The van der Waals surface area contributed by atoms with Crippen molar-refractivity contribution < 1.29 is 13.2 Å². The highest BCUT2D eigenvalue weighted by atomic mass is 32.2. The van der Waals surface area contributed by atoms with E-state index >= 15 is 0 Å². The Morgan fingerprint density at radius 1 is 0.960 bits per heavy atom. The van der Waals surface area contributed by atoms with Crippen molar-refractivity contribution >= 4 is 15.8 Å². The lowest BCUT2D eigenvalue weighted by molar-refractivity contribution is 0.185. The zero-order valence-electron chi connectivity index (χ0n) is 13.6. The molecule has 1 N–H and O–H groups in total. The van der Waals surface area contributed by atoms with Gasteiger partial charge in [-0.25, -0.2) is 13.4 Å². The maximum atomic E-state index is 12.5. The molecule has 0 amide bonds. The first kappa shape index (κ1) is 17.1. The van der Waals surface area contributed by atoms with E-state index < -0.39 is 10.0 Å². The lowest BCUT2D eigenvalue weighted by Crippen LogP contribution is -2.15. The van der Waals surface area contributed by atoms with Crippen LogP contribution in [0.2, 0.25) is 0 Å². The molecular weight excluding hydrogens is 338 g/mol. The normalized spacial score (nSPS) is 11.2. The molecule has 0 aliphatic rings. The monoisotopic (exact) mass is 355 g/mol. The maximum Gasteiger partial charge on any atom is 0.263 e. The molecule has 7 heteroatoms. The van der Waals surface area contributed by atoms with Crippen LogP contribution in [0.25, 0.3) is 11.3 Å². The quantitative estimate of drug-likeness (QED) is 0.735. The van der Waals surface area contributed by atoms with E-state index in [1.165, 1.54) is 24.5 Å². The summed E-state index contributed by atoms with van der Waals surface area (Å²) in [6, 6.07) is 15.7. The van der Waals surface area contributed by atoms with Crippen LogP contribution in [0.5, 0.6) is 0 Å². The van der Waals surface area contributed by atoms with Crippen molar-refractivity contribution in [1.82, 2.24) is 9.97 Å². The molecule has 0 atom stereocenters. The molecule has 0 aliphatic heterocycles. The van der Waals surface area contributed by atoms with Gasteiger partial charge in [-0.15, -0.1) is 0 Å². The van der Waals surface area contributed by atoms with E-state index in [9.17, 15) is 8.42 Å². The second kappa shape index (κ2) is 7.42. The zero-order chi connectivity index (χ0) is 17.7. The average Bonchev–Trinajstić information content (AvgIpc) is 2.64. The van der Waals surface area contributed by atoms with E-state index in [4.69, 9.17) is 4.74 Å². The fraction of sp³-hybridized carbons (Fsp3) is 0.111. The van der Waals surface area contributed by atoms with Crippen LogP contribution < -0.4 is 4.72 Å². The van der Waals surface area contributed by atoms with Gasteiger partial charge in [0, 0.05) is 25.1 Å². The largest absolute Gasteiger partial charge is 0.380 e. The first-order chi connectivity index (χ1) is 12.1. The third-order valence-corrected chi connectivity index (χ3v) is 4.88. The molecule has 0 spiro atoms. The summed E-state index contributed by atoms with van der Waals surface area (Å²) in [5, 5.41) is 0. The van der Waals surface area contributed by atoms with Gasteiger partial charge in [0.2, 0.25) is 0 Å². The van der Waals surface area contributed by atoms with Crippen molar-refractivity contribution in [1.29, 1.82) is 0 Å². The Labute approximate surface area is 146 Å². The average molecular weight is 355 g/mol. The molecule has 0 saturated carbocycles. The van der Waals surface area contributed by atoms with E-state index in [0.717, 1.165) is 11.1 Å². The van der Waals surface area contributed by atoms with Crippen molar-refractivity contribution in [2.45, 2.75) is 11.5 Å². The second-order valence-electron chi connectivity index (χ2n) is 5.30. The van der Waals surface area contributed by atoms with Crippen molar-refractivity contribution in [2.75, 3.05) is 11.8 Å². The number of hydrogen-bond donors (Lipinski definition) is 1. The van der Waals surface area contributed by atoms with Crippen molar-refractivity contribution in [2.24, 2.45) is 0 Å². The highest BCUT2D eigenvalue weighted by Gasteiger charge is 2.17. The Morgan fingerprint density at radius 2 is 1.64 bits per heavy atom. The molecule has 128 valence electrons. The molecule has 2 aromatic carbocycles. The van der Waals surface area contributed by atoms with Gasteiger partial charge in [-0.05, 0) is 17.7 Å². The molecule has 3 rings (SSSR count). The first-order valence-corrected chi connectivity index (χ1v) is 9.05. The molecule has 3 aromatic rings. The minimum Gasteiger partial charge on any atom is -0.380 e. The molecular formula is C18H17N3O3S. The summed E-state index contributed by atoms with van der Waals surface area (Å²) < 4.78 is 32.7. The van der Waals surface area contributed by atoms with Crippen LogP contribution in [0, 0.1) is 0 Å². The highest BCUT2D eigenvalue weighted by Crippen LogP contribution is 2.26. The first-order valence-electron chi connectivity index (χ1n) is 7.57. The Morgan fingerprint density at radius 3 is 2.32 bits per heavy atom. The van der Waals surface area contributed by atoms with Crippen LogP contribution in [0.3, 0.4) is 0 Å². The fourth-order valence-electron chi connectivity index (χ4n) is 2.34. The second-order valence-corrected chi connectivity index (χ2v) is 6.98. The van der Waals surface area contributed by atoms with Crippen LogP contribution in [0.1, 0.15) is 5.56 Å². The number of nitrogens with zero attached hydrogens (tertiary/aromatic N) is 2. The minimum absolute atomic E-state index is 0.169. The van der Waals surface area contributed by atoms with Gasteiger partial charge in [-0.3, -0.25) is 9.71 Å². The van der Waals surface area contributed by atoms with Gasteiger partial charge < -0.3 is 4.74 Å². The standard InChI is InChI=1S/C18H17N3O3S/c1-24-13-14-7-9-15(10-8-14)17-18(20-12-11-19-17)21-25(22,23)16-5-3-2-4-6-16/h2-12H,13H2,1H3,(H,20,21). The number of rotatable bonds is 6. The van der Waals surface area contributed by atoms with Crippen LogP contribution in [-0.4, -0.2) is 25.5 Å². The Hall–Kier alpha value is -2.77. The Kier molecular flexibility index (Phi) is 5.06. The maximum absolute atomic E-state index is 12.5. The number of anilines is 1. The predicted molar refractivity (Wildman–Crippen MR) is 95.4 cm³/mol. The molecule has 1 heterocycles. The molecule has 0 bridgehead atoms. The van der Waals surface area contributed by atoms with Gasteiger partial charge in [0.15, 0.2) is 5.82 Å². The molecule has 0 radical (unpaired) electrons. The van der Waals surface area contributed by atoms with Gasteiger partial charge in [0.1, 0.15) is 5.69 Å². The fourth-order valence-corrected chi connectivity index (χ4v) is 3.37. The Bertz CT molecular complexity index is 943. The molecule has 1 aromatic heterocycles. The van der Waals surface area contributed by atoms with Gasteiger partial charge >= 0.3 is 0 Å². The molecule has 0 fully saturated rings. The molecule has 6 nitrogen and oxygen atoms in total. The summed E-state index contributed by atoms with van der Waals surface area (Å²) in [6.45, 7) is 0.508. The van der Waals surface area contributed by atoms with Gasteiger partial charge in [-0.2, -0.15) is 0 Å². The smallest absolute Gasteiger partial charge is 0.263 e. The summed E-state index contributed by atoms with van der Waals surface area (Å²) in [7, 11) is -2.10. The van der Waals surface area contributed by atoms with E-state index in [1.807, 2.05) is 24.3 Å². The lowest BCUT2D eigenvalue weighted by atomic mass is 10.1. The summed E-state index contributed by atoms with van der Waals surface area (Å²) >= 11 is 0. The van der Waals surface area contributed by atoms with E-state index in [1.54, 1.807) is 25.3 Å². The molecule has 25 heavy (non-hydrogen) atoms. The lowest BCUT2D eigenvalue weighted by Gasteiger charge is -2.11. The zero-order valence-corrected chi connectivity index (χ0v) is 14.4. The molecule has 0 unspecified atom stereocenters. The van der Waals surface area contributed by atoms with Crippen LogP contribution in [-0.2, 0) is 21.4 Å².